The van der Waals surface area contributed by atoms with Crippen LogP contribution < -0.4 is 5.73 Å². The van der Waals surface area contributed by atoms with Crippen LogP contribution in [-0.2, 0) is 4.79 Å². The Kier molecular flexibility index (Phi) is 2.63. The molecule has 0 aromatic heterocycles. The van der Waals surface area contributed by atoms with E-state index in [4.69, 9.17) is 10.8 Å². The number of carbonyl (C=O) groups is 1. The molecule has 0 aliphatic rings. The van der Waals surface area contributed by atoms with Crippen LogP contribution in [0.15, 0.2) is 18.2 Å². The molecule has 0 amide bonds. The molecule has 0 spiro atoms. The number of hydrogen-bond acceptors (Lipinski definition) is 2. The van der Waals surface area contributed by atoms with E-state index < -0.39 is 17.8 Å². The van der Waals surface area contributed by atoms with Crippen molar-refractivity contribution in [2.24, 2.45) is 5.73 Å². The minimum atomic E-state index is -1.29. The van der Waals surface area contributed by atoms with Gasteiger partial charge in [0, 0.05) is 5.56 Å². The maximum Gasteiger partial charge on any atom is 0.325 e. The highest BCUT2D eigenvalue weighted by atomic mass is 19.1. The molecule has 0 unspecified atom stereocenters. The summed E-state index contributed by atoms with van der Waals surface area (Å²) in [6.45, 7) is 1.75. The van der Waals surface area contributed by atoms with E-state index in [1.807, 2.05) is 0 Å². The standard InChI is InChI=1S/C9H10FNO2/c1-5-2-3-7(10)6(4-5)8(11)9(12)13/h2-4,8H,11H2,1H3,(H,12,13)/t8-/m1/s1. The Bertz CT molecular complexity index is 338. The predicted octanol–water partition coefficient (Wildman–Crippen LogP) is 1.22. The van der Waals surface area contributed by atoms with E-state index in [2.05, 4.69) is 0 Å². The molecule has 3 N–H and O–H groups in total. The Balaban J connectivity index is 3.12. The number of carboxylic acid groups (broad SMARTS) is 1. The van der Waals surface area contributed by atoms with E-state index in [-0.39, 0.29) is 5.56 Å². The molecule has 3 nitrogen and oxygen atoms in total. The molecule has 0 aliphatic carbocycles. The second kappa shape index (κ2) is 3.53. The van der Waals surface area contributed by atoms with Crippen LogP contribution in [0.5, 0.6) is 0 Å². The number of hydrogen-bond donors (Lipinski definition) is 2. The molecule has 13 heavy (non-hydrogen) atoms. The highest BCUT2D eigenvalue weighted by Crippen LogP contribution is 2.16. The number of aryl methyl sites for hydroxylation is 1. The Morgan fingerprint density at radius 3 is 2.77 bits per heavy atom. The van der Waals surface area contributed by atoms with Gasteiger partial charge in [-0.1, -0.05) is 17.7 Å². The maximum atomic E-state index is 13.0. The smallest absolute Gasteiger partial charge is 0.325 e. The van der Waals surface area contributed by atoms with Gasteiger partial charge in [0.2, 0.25) is 0 Å². The second-order valence-electron chi connectivity index (χ2n) is 2.84. The molecule has 1 atom stereocenters. The van der Waals surface area contributed by atoms with Gasteiger partial charge >= 0.3 is 5.97 Å². The van der Waals surface area contributed by atoms with Crippen molar-refractivity contribution in [1.82, 2.24) is 0 Å². The van der Waals surface area contributed by atoms with E-state index >= 15 is 0 Å². The van der Waals surface area contributed by atoms with Gasteiger partial charge in [-0.25, -0.2) is 4.39 Å². The third-order valence-electron chi connectivity index (χ3n) is 1.75. The molecule has 0 heterocycles. The third kappa shape index (κ3) is 2.03. The zero-order valence-corrected chi connectivity index (χ0v) is 7.12. The van der Waals surface area contributed by atoms with E-state index in [0.29, 0.717) is 0 Å². The van der Waals surface area contributed by atoms with Gasteiger partial charge in [0.1, 0.15) is 11.9 Å². The van der Waals surface area contributed by atoms with Crippen molar-refractivity contribution < 1.29 is 14.3 Å². The lowest BCUT2D eigenvalue weighted by Gasteiger charge is -2.08. The lowest BCUT2D eigenvalue weighted by Crippen LogP contribution is -2.21. The van der Waals surface area contributed by atoms with Gasteiger partial charge in [0.05, 0.1) is 0 Å². The zero-order valence-electron chi connectivity index (χ0n) is 7.12. The van der Waals surface area contributed by atoms with Crippen LogP contribution >= 0.6 is 0 Å². The number of nitrogens with two attached hydrogens (primary N) is 1. The van der Waals surface area contributed by atoms with Crippen molar-refractivity contribution in [2.75, 3.05) is 0 Å². The largest absolute Gasteiger partial charge is 0.480 e. The lowest BCUT2D eigenvalue weighted by molar-refractivity contribution is -0.138. The molecule has 0 bridgehead atoms. The van der Waals surface area contributed by atoms with Gasteiger partial charge in [-0.2, -0.15) is 0 Å². The van der Waals surface area contributed by atoms with Crippen LogP contribution in [0.3, 0.4) is 0 Å². The van der Waals surface area contributed by atoms with Crippen LogP contribution in [0, 0.1) is 12.7 Å². The zero-order chi connectivity index (χ0) is 10.0. The van der Waals surface area contributed by atoms with Crippen LogP contribution in [-0.4, -0.2) is 11.1 Å². The lowest BCUT2D eigenvalue weighted by atomic mass is 10.0. The molecule has 1 aromatic carbocycles. The fourth-order valence-corrected chi connectivity index (χ4v) is 1.03. The average molecular weight is 183 g/mol. The fraction of sp³-hybridized carbons (Fsp3) is 0.222. The topological polar surface area (TPSA) is 63.3 Å². The van der Waals surface area contributed by atoms with Crippen molar-refractivity contribution in [2.45, 2.75) is 13.0 Å². The number of aliphatic carboxylic acids is 1. The van der Waals surface area contributed by atoms with Gasteiger partial charge in [0.25, 0.3) is 0 Å². The molecule has 4 heteroatoms. The first kappa shape index (κ1) is 9.67. The summed E-state index contributed by atoms with van der Waals surface area (Å²) >= 11 is 0. The molecule has 70 valence electrons. The van der Waals surface area contributed by atoms with Crippen molar-refractivity contribution in [3.63, 3.8) is 0 Å². The van der Waals surface area contributed by atoms with E-state index in [1.165, 1.54) is 12.1 Å². The first-order valence-corrected chi connectivity index (χ1v) is 3.77. The minimum Gasteiger partial charge on any atom is -0.480 e. The molecule has 0 saturated carbocycles. The van der Waals surface area contributed by atoms with Gasteiger partial charge in [-0.15, -0.1) is 0 Å². The highest BCUT2D eigenvalue weighted by molar-refractivity contribution is 5.75. The molecular weight excluding hydrogens is 173 g/mol. The molecular formula is C9H10FNO2. The quantitative estimate of drug-likeness (QED) is 0.724. The van der Waals surface area contributed by atoms with Gasteiger partial charge in [0.15, 0.2) is 0 Å². The molecule has 0 aliphatic heterocycles. The van der Waals surface area contributed by atoms with Crippen molar-refractivity contribution in [3.05, 3.63) is 35.1 Å². The summed E-state index contributed by atoms with van der Waals surface area (Å²) in [5, 5.41) is 8.56. The summed E-state index contributed by atoms with van der Waals surface area (Å²) < 4.78 is 13.0. The molecule has 1 aromatic rings. The summed E-state index contributed by atoms with van der Waals surface area (Å²) in [6.07, 6.45) is 0. The maximum absolute atomic E-state index is 13.0. The Morgan fingerprint density at radius 1 is 1.62 bits per heavy atom. The SMILES string of the molecule is Cc1ccc(F)c([C@@H](N)C(=O)O)c1. The second-order valence-corrected chi connectivity index (χ2v) is 2.84. The first-order valence-electron chi connectivity index (χ1n) is 3.77. The minimum absolute atomic E-state index is 0.0208. The summed E-state index contributed by atoms with van der Waals surface area (Å²) in [4.78, 5) is 10.5. The van der Waals surface area contributed by atoms with Crippen molar-refractivity contribution in [1.29, 1.82) is 0 Å². The number of rotatable bonds is 2. The van der Waals surface area contributed by atoms with E-state index in [0.717, 1.165) is 5.56 Å². The fourth-order valence-electron chi connectivity index (χ4n) is 1.03. The summed E-state index contributed by atoms with van der Waals surface area (Å²) in [7, 11) is 0. The molecule has 0 fully saturated rings. The van der Waals surface area contributed by atoms with E-state index in [9.17, 15) is 9.18 Å². The molecule has 1 rings (SSSR count). The number of carboxylic acids is 1. The normalized spacial score (nSPS) is 12.5. The van der Waals surface area contributed by atoms with Gasteiger partial charge in [-0.05, 0) is 13.0 Å². The van der Waals surface area contributed by atoms with Crippen LogP contribution in [0.2, 0.25) is 0 Å². The van der Waals surface area contributed by atoms with Crippen molar-refractivity contribution in [3.8, 4) is 0 Å². The predicted molar refractivity (Wildman–Crippen MR) is 45.7 cm³/mol. The van der Waals surface area contributed by atoms with E-state index in [1.54, 1.807) is 13.0 Å². The van der Waals surface area contributed by atoms with Crippen LogP contribution in [0.25, 0.3) is 0 Å². The number of halogens is 1. The highest BCUT2D eigenvalue weighted by Gasteiger charge is 2.17. The summed E-state index contributed by atoms with van der Waals surface area (Å²) in [5.74, 6) is -1.81. The monoisotopic (exact) mass is 183 g/mol. The summed E-state index contributed by atoms with van der Waals surface area (Å²) in [5.41, 5.74) is 6.07. The Morgan fingerprint density at radius 2 is 2.23 bits per heavy atom. The van der Waals surface area contributed by atoms with Gasteiger partial charge in [-0.3, -0.25) is 4.79 Å². The summed E-state index contributed by atoms with van der Waals surface area (Å²) in [6, 6.07) is 2.93. The average Bonchev–Trinajstić information content (AvgIpc) is 2.08. The third-order valence-corrected chi connectivity index (χ3v) is 1.75. The molecule has 0 saturated heterocycles. The van der Waals surface area contributed by atoms with Crippen LogP contribution in [0.1, 0.15) is 17.2 Å². The number of benzene rings is 1. The molecule has 0 radical (unpaired) electrons. The van der Waals surface area contributed by atoms with Crippen molar-refractivity contribution >= 4 is 5.97 Å². The van der Waals surface area contributed by atoms with Gasteiger partial charge < -0.3 is 10.8 Å². The Labute approximate surface area is 75.0 Å². The first-order chi connectivity index (χ1) is 6.02. The van der Waals surface area contributed by atoms with Crippen LogP contribution in [0.4, 0.5) is 4.39 Å². The Hall–Kier alpha value is -1.42.